The highest BCUT2D eigenvalue weighted by Gasteiger charge is 2.53. The molecule has 26 heavy (non-hydrogen) atoms. The van der Waals surface area contributed by atoms with Crippen molar-refractivity contribution < 1.29 is 27.5 Å². The molecule has 1 atom stereocenters. The van der Waals surface area contributed by atoms with Gasteiger partial charge in [0.2, 0.25) is 10.0 Å². The molecule has 0 spiro atoms. The molecule has 2 heterocycles. The average molecular weight is 380 g/mol. The highest BCUT2D eigenvalue weighted by molar-refractivity contribution is 7.89. The van der Waals surface area contributed by atoms with Crippen LogP contribution in [0.5, 0.6) is 0 Å². The predicted octanol–water partition coefficient (Wildman–Crippen LogP) is 1.90. The topological polar surface area (TPSA) is 110 Å². The third kappa shape index (κ3) is 3.02. The van der Waals surface area contributed by atoms with Gasteiger partial charge in [0, 0.05) is 26.1 Å². The number of oxazole rings is 1. The van der Waals surface area contributed by atoms with E-state index in [0.29, 0.717) is 23.6 Å². The first-order chi connectivity index (χ1) is 12.3. The van der Waals surface area contributed by atoms with Crippen LogP contribution in [-0.4, -0.2) is 54.6 Å². The minimum absolute atomic E-state index is 0.0325. The van der Waals surface area contributed by atoms with Crippen LogP contribution >= 0.6 is 0 Å². The van der Waals surface area contributed by atoms with Gasteiger partial charge in [0.05, 0.1) is 11.5 Å². The number of sulfonamides is 1. The molecule has 1 fully saturated rings. The summed E-state index contributed by atoms with van der Waals surface area (Å²) in [6.07, 6.45) is 2.17. The van der Waals surface area contributed by atoms with Crippen molar-refractivity contribution >= 4 is 16.0 Å². The van der Waals surface area contributed by atoms with Crippen LogP contribution in [0.3, 0.4) is 0 Å². The Morgan fingerprint density at radius 2 is 2.08 bits per heavy atom. The van der Waals surface area contributed by atoms with Gasteiger partial charge in [-0.3, -0.25) is 4.79 Å². The summed E-state index contributed by atoms with van der Waals surface area (Å²) in [5.41, 5.74) is -0.259. The largest absolute Gasteiger partial charge is 0.480 e. The second-order valence-electron chi connectivity index (χ2n) is 6.23. The number of benzene rings is 1. The van der Waals surface area contributed by atoms with E-state index in [9.17, 15) is 18.3 Å². The molecule has 0 radical (unpaired) electrons. The average Bonchev–Trinajstić information content (AvgIpc) is 3.23. The fourth-order valence-corrected chi connectivity index (χ4v) is 5.07. The molecule has 1 aromatic heterocycles. The monoisotopic (exact) mass is 380 g/mol. The van der Waals surface area contributed by atoms with E-state index in [-0.39, 0.29) is 24.5 Å². The van der Waals surface area contributed by atoms with Gasteiger partial charge in [-0.1, -0.05) is 12.1 Å². The summed E-state index contributed by atoms with van der Waals surface area (Å²) in [7, 11) is -2.62. The number of aryl methyl sites for hydroxylation is 1. The van der Waals surface area contributed by atoms with E-state index in [1.54, 1.807) is 19.1 Å². The lowest BCUT2D eigenvalue weighted by molar-refractivity contribution is -0.150. The SMILES string of the molecule is COCC1(C(=O)O)CCCN1S(=O)(=O)c1ccc(-c2coc(C)n2)cc1. The number of carboxylic acid groups (broad SMARTS) is 1. The molecule has 140 valence electrons. The molecule has 0 amide bonds. The smallest absolute Gasteiger partial charge is 0.327 e. The molecule has 1 aliphatic heterocycles. The van der Waals surface area contributed by atoms with E-state index in [4.69, 9.17) is 9.15 Å². The number of hydrogen-bond acceptors (Lipinski definition) is 6. The summed E-state index contributed by atoms with van der Waals surface area (Å²) in [4.78, 5) is 16.1. The number of rotatable bonds is 6. The summed E-state index contributed by atoms with van der Waals surface area (Å²) < 4.78 is 37.3. The van der Waals surface area contributed by atoms with E-state index in [1.807, 2.05) is 0 Å². The Bertz CT molecular complexity index is 906. The van der Waals surface area contributed by atoms with Crippen molar-refractivity contribution in [2.24, 2.45) is 0 Å². The van der Waals surface area contributed by atoms with E-state index in [2.05, 4.69) is 4.98 Å². The zero-order valence-corrected chi connectivity index (χ0v) is 15.3. The van der Waals surface area contributed by atoms with Crippen molar-refractivity contribution in [3.63, 3.8) is 0 Å². The Labute approximate surface area is 151 Å². The lowest BCUT2D eigenvalue weighted by Gasteiger charge is -2.33. The Morgan fingerprint density at radius 3 is 2.62 bits per heavy atom. The molecule has 1 saturated heterocycles. The van der Waals surface area contributed by atoms with Crippen LogP contribution in [0, 0.1) is 6.92 Å². The van der Waals surface area contributed by atoms with Crippen LogP contribution in [0.1, 0.15) is 18.7 Å². The van der Waals surface area contributed by atoms with Crippen LogP contribution in [0.15, 0.2) is 39.8 Å². The van der Waals surface area contributed by atoms with Crippen molar-refractivity contribution in [1.29, 1.82) is 0 Å². The first-order valence-electron chi connectivity index (χ1n) is 8.09. The molecule has 1 aromatic carbocycles. The van der Waals surface area contributed by atoms with Gasteiger partial charge in [0.15, 0.2) is 11.4 Å². The number of nitrogens with zero attached hydrogens (tertiary/aromatic N) is 2. The number of carboxylic acids is 1. The molecular weight excluding hydrogens is 360 g/mol. The van der Waals surface area contributed by atoms with Gasteiger partial charge in [-0.15, -0.1) is 0 Å². The van der Waals surface area contributed by atoms with Gasteiger partial charge >= 0.3 is 5.97 Å². The van der Waals surface area contributed by atoms with Gasteiger partial charge in [-0.25, -0.2) is 13.4 Å². The van der Waals surface area contributed by atoms with Crippen LogP contribution in [-0.2, 0) is 19.6 Å². The molecular formula is C17H20N2O6S. The molecule has 1 unspecified atom stereocenters. The maximum atomic E-state index is 13.1. The molecule has 0 aliphatic carbocycles. The lowest BCUT2D eigenvalue weighted by Crippen LogP contribution is -2.55. The van der Waals surface area contributed by atoms with Crippen LogP contribution in [0.25, 0.3) is 11.3 Å². The van der Waals surface area contributed by atoms with Crippen molar-refractivity contribution in [3.8, 4) is 11.3 Å². The Balaban J connectivity index is 1.95. The predicted molar refractivity (Wildman–Crippen MR) is 92.0 cm³/mol. The van der Waals surface area contributed by atoms with Crippen LogP contribution in [0.4, 0.5) is 0 Å². The molecule has 0 saturated carbocycles. The van der Waals surface area contributed by atoms with Gasteiger partial charge in [0.25, 0.3) is 0 Å². The fraction of sp³-hybridized carbons (Fsp3) is 0.412. The van der Waals surface area contributed by atoms with Crippen molar-refractivity contribution in [3.05, 3.63) is 36.4 Å². The van der Waals surface area contributed by atoms with E-state index >= 15 is 0 Å². The molecule has 2 aromatic rings. The quantitative estimate of drug-likeness (QED) is 0.815. The normalized spacial score (nSPS) is 21.2. The first-order valence-corrected chi connectivity index (χ1v) is 9.53. The number of methoxy groups -OCH3 is 1. The van der Waals surface area contributed by atoms with Gasteiger partial charge in [-0.05, 0) is 25.0 Å². The lowest BCUT2D eigenvalue weighted by atomic mass is 9.99. The van der Waals surface area contributed by atoms with Gasteiger partial charge < -0.3 is 14.3 Å². The molecule has 1 aliphatic rings. The summed E-state index contributed by atoms with van der Waals surface area (Å²) in [5, 5.41) is 9.67. The maximum absolute atomic E-state index is 13.1. The molecule has 0 bridgehead atoms. The summed E-state index contributed by atoms with van der Waals surface area (Å²) in [6, 6.07) is 6.15. The molecule has 1 N–H and O–H groups in total. The second kappa shape index (κ2) is 6.82. The van der Waals surface area contributed by atoms with Crippen molar-refractivity contribution in [2.75, 3.05) is 20.3 Å². The summed E-state index contributed by atoms with van der Waals surface area (Å²) in [5.74, 6) is -0.685. The second-order valence-corrected chi connectivity index (χ2v) is 8.09. The zero-order valence-electron chi connectivity index (χ0n) is 14.5. The van der Waals surface area contributed by atoms with Crippen LogP contribution in [0.2, 0.25) is 0 Å². The summed E-state index contributed by atoms with van der Waals surface area (Å²) in [6.45, 7) is 1.66. The van der Waals surface area contributed by atoms with E-state index in [1.165, 1.54) is 25.5 Å². The standard InChI is InChI=1S/C17H20N2O6S/c1-12-18-15(10-25-12)13-4-6-14(7-5-13)26(22,23)19-9-3-8-17(19,11-24-2)16(20)21/h4-7,10H,3,8-9,11H2,1-2H3,(H,20,21). The number of hydrogen-bond donors (Lipinski definition) is 1. The molecule has 9 heteroatoms. The third-order valence-corrected chi connectivity index (χ3v) is 6.55. The third-order valence-electron chi connectivity index (χ3n) is 4.57. The van der Waals surface area contributed by atoms with Gasteiger partial charge in [0.1, 0.15) is 12.0 Å². The Morgan fingerprint density at radius 1 is 1.38 bits per heavy atom. The zero-order chi connectivity index (χ0) is 18.9. The minimum Gasteiger partial charge on any atom is -0.480 e. The number of aliphatic carboxylic acids is 1. The Kier molecular flexibility index (Phi) is 4.87. The first kappa shape index (κ1) is 18.6. The molecule has 3 rings (SSSR count). The fourth-order valence-electron chi connectivity index (χ4n) is 3.28. The molecule has 8 nitrogen and oxygen atoms in total. The van der Waals surface area contributed by atoms with E-state index in [0.717, 1.165) is 4.31 Å². The van der Waals surface area contributed by atoms with Crippen molar-refractivity contribution in [2.45, 2.75) is 30.2 Å². The number of ether oxygens (including phenoxy) is 1. The summed E-state index contributed by atoms with van der Waals surface area (Å²) >= 11 is 0. The van der Waals surface area contributed by atoms with Gasteiger partial charge in [-0.2, -0.15) is 4.31 Å². The highest BCUT2D eigenvalue weighted by Crippen LogP contribution is 2.35. The highest BCUT2D eigenvalue weighted by atomic mass is 32.2. The minimum atomic E-state index is -3.98. The van der Waals surface area contributed by atoms with Crippen LogP contribution < -0.4 is 0 Å². The number of aromatic nitrogens is 1. The number of carbonyl (C=O) groups is 1. The Hall–Kier alpha value is -2.23. The maximum Gasteiger partial charge on any atom is 0.327 e. The van der Waals surface area contributed by atoms with E-state index < -0.39 is 21.5 Å². The van der Waals surface area contributed by atoms with Crippen molar-refractivity contribution in [1.82, 2.24) is 9.29 Å².